The minimum Gasteiger partial charge on any atom is -0.493 e. The van der Waals surface area contributed by atoms with Gasteiger partial charge in [0.2, 0.25) is 0 Å². The fraction of sp³-hybridized carbons (Fsp3) is 0.615. The average Bonchev–Trinajstić information content (AvgIpc) is 2.74. The van der Waals surface area contributed by atoms with E-state index in [2.05, 4.69) is 38.1 Å². The molecule has 0 saturated carbocycles. The van der Waals surface area contributed by atoms with Gasteiger partial charge in [0.15, 0.2) is 0 Å². The summed E-state index contributed by atoms with van der Waals surface area (Å²) in [7, 11) is 0. The molecule has 28 heavy (non-hydrogen) atoms. The molecular weight excluding hydrogens is 344 g/mol. The molecule has 3 rings (SSSR count). The Morgan fingerprint density at radius 2 is 1.11 bits per heavy atom. The first kappa shape index (κ1) is 21.0. The summed E-state index contributed by atoms with van der Waals surface area (Å²) in [6.07, 6.45) is 14.7. The molecule has 2 nitrogen and oxygen atoms in total. The van der Waals surface area contributed by atoms with Crippen molar-refractivity contribution < 1.29 is 9.47 Å². The SMILES string of the molecule is CCCCCCOc1c2c(c(OCCCCCC)c3ccccc13)CCCC2. The van der Waals surface area contributed by atoms with E-state index in [1.165, 1.54) is 73.3 Å². The van der Waals surface area contributed by atoms with Crippen LogP contribution in [0.2, 0.25) is 0 Å². The predicted octanol–water partition coefficient (Wildman–Crippen LogP) is 7.64. The maximum atomic E-state index is 6.42. The van der Waals surface area contributed by atoms with E-state index in [9.17, 15) is 0 Å². The van der Waals surface area contributed by atoms with Gasteiger partial charge in [-0.15, -0.1) is 0 Å². The Labute approximate surface area is 171 Å². The third-order valence-corrected chi connectivity index (χ3v) is 5.92. The van der Waals surface area contributed by atoms with Crippen LogP contribution >= 0.6 is 0 Å². The summed E-state index contributed by atoms with van der Waals surface area (Å²) in [4.78, 5) is 0. The number of ether oxygens (including phenoxy) is 2. The van der Waals surface area contributed by atoms with Crippen molar-refractivity contribution in [1.29, 1.82) is 0 Å². The summed E-state index contributed by atoms with van der Waals surface area (Å²) >= 11 is 0. The molecule has 0 amide bonds. The third kappa shape index (κ3) is 5.21. The lowest BCUT2D eigenvalue weighted by atomic mass is 9.87. The van der Waals surface area contributed by atoms with Gasteiger partial charge in [0, 0.05) is 21.9 Å². The summed E-state index contributed by atoms with van der Waals surface area (Å²) in [5, 5.41) is 2.48. The number of rotatable bonds is 12. The second-order valence-electron chi connectivity index (χ2n) is 8.19. The van der Waals surface area contributed by atoms with Gasteiger partial charge in [-0.05, 0) is 38.5 Å². The van der Waals surface area contributed by atoms with Crippen LogP contribution in [0.5, 0.6) is 11.5 Å². The molecule has 1 aliphatic carbocycles. The van der Waals surface area contributed by atoms with Gasteiger partial charge in [-0.1, -0.05) is 76.6 Å². The van der Waals surface area contributed by atoms with Crippen LogP contribution in [-0.4, -0.2) is 13.2 Å². The maximum absolute atomic E-state index is 6.42. The van der Waals surface area contributed by atoms with Crippen LogP contribution in [0.4, 0.5) is 0 Å². The van der Waals surface area contributed by atoms with E-state index in [4.69, 9.17) is 9.47 Å². The zero-order valence-electron chi connectivity index (χ0n) is 18.0. The Hall–Kier alpha value is -1.70. The molecule has 0 bridgehead atoms. The number of hydrogen-bond acceptors (Lipinski definition) is 2. The van der Waals surface area contributed by atoms with Crippen molar-refractivity contribution >= 4 is 10.8 Å². The molecule has 0 aromatic heterocycles. The molecule has 0 spiro atoms. The molecule has 0 radical (unpaired) electrons. The van der Waals surface area contributed by atoms with E-state index >= 15 is 0 Å². The second-order valence-corrected chi connectivity index (χ2v) is 8.19. The van der Waals surface area contributed by atoms with E-state index in [0.29, 0.717) is 0 Å². The lowest BCUT2D eigenvalue weighted by molar-refractivity contribution is 0.295. The quantitative estimate of drug-likeness (QED) is 0.351. The van der Waals surface area contributed by atoms with Crippen LogP contribution < -0.4 is 9.47 Å². The highest BCUT2D eigenvalue weighted by Gasteiger charge is 2.23. The summed E-state index contributed by atoms with van der Waals surface area (Å²) in [5.74, 6) is 2.28. The van der Waals surface area contributed by atoms with Crippen LogP contribution in [0, 0.1) is 0 Å². The molecule has 0 aliphatic heterocycles. The van der Waals surface area contributed by atoms with Gasteiger partial charge >= 0.3 is 0 Å². The van der Waals surface area contributed by atoms with E-state index in [0.717, 1.165) is 50.4 Å². The Morgan fingerprint density at radius 3 is 1.54 bits per heavy atom. The number of fused-ring (bicyclic) bond motifs is 2. The first-order valence-electron chi connectivity index (χ1n) is 11.7. The molecule has 1 aliphatic rings. The molecule has 0 heterocycles. The van der Waals surface area contributed by atoms with Crippen molar-refractivity contribution in [1.82, 2.24) is 0 Å². The summed E-state index contributed by atoms with van der Waals surface area (Å²) in [6.45, 7) is 6.17. The summed E-state index contributed by atoms with van der Waals surface area (Å²) in [6, 6.07) is 8.70. The highest BCUT2D eigenvalue weighted by atomic mass is 16.5. The maximum Gasteiger partial charge on any atom is 0.130 e. The minimum absolute atomic E-state index is 0.827. The smallest absolute Gasteiger partial charge is 0.130 e. The van der Waals surface area contributed by atoms with Gasteiger partial charge < -0.3 is 9.47 Å². The molecule has 0 unspecified atom stereocenters. The molecule has 2 heteroatoms. The Balaban J connectivity index is 1.86. The second kappa shape index (κ2) is 11.3. The Bertz CT molecular complexity index is 672. The van der Waals surface area contributed by atoms with E-state index in [1.54, 1.807) is 0 Å². The van der Waals surface area contributed by atoms with Crippen LogP contribution in [0.3, 0.4) is 0 Å². The van der Waals surface area contributed by atoms with Gasteiger partial charge in [0.1, 0.15) is 11.5 Å². The van der Waals surface area contributed by atoms with E-state index < -0.39 is 0 Å². The summed E-state index contributed by atoms with van der Waals surface area (Å²) < 4.78 is 12.8. The highest BCUT2D eigenvalue weighted by Crippen LogP contribution is 2.44. The third-order valence-electron chi connectivity index (χ3n) is 5.92. The number of unbranched alkanes of at least 4 members (excludes halogenated alkanes) is 6. The fourth-order valence-corrected chi connectivity index (χ4v) is 4.35. The number of benzene rings is 2. The van der Waals surface area contributed by atoms with Crippen LogP contribution in [0.15, 0.2) is 24.3 Å². The number of hydrogen-bond donors (Lipinski definition) is 0. The molecule has 0 saturated heterocycles. The lowest BCUT2D eigenvalue weighted by Crippen LogP contribution is -2.11. The largest absolute Gasteiger partial charge is 0.493 e. The van der Waals surface area contributed by atoms with Gasteiger partial charge in [-0.25, -0.2) is 0 Å². The van der Waals surface area contributed by atoms with Crippen molar-refractivity contribution in [3.8, 4) is 11.5 Å². The molecule has 2 aromatic carbocycles. The monoisotopic (exact) mass is 382 g/mol. The molecule has 0 fully saturated rings. The van der Waals surface area contributed by atoms with Gasteiger partial charge in [-0.3, -0.25) is 0 Å². The van der Waals surface area contributed by atoms with Gasteiger partial charge in [-0.2, -0.15) is 0 Å². The summed E-state index contributed by atoms with van der Waals surface area (Å²) in [5.41, 5.74) is 2.84. The zero-order chi connectivity index (χ0) is 19.6. The van der Waals surface area contributed by atoms with Crippen LogP contribution in [-0.2, 0) is 12.8 Å². The normalized spacial score (nSPS) is 13.5. The fourth-order valence-electron chi connectivity index (χ4n) is 4.35. The van der Waals surface area contributed by atoms with Crippen molar-refractivity contribution in [2.75, 3.05) is 13.2 Å². The van der Waals surface area contributed by atoms with E-state index in [1.807, 2.05) is 0 Å². The molecule has 154 valence electrons. The molecule has 0 N–H and O–H groups in total. The van der Waals surface area contributed by atoms with Crippen molar-refractivity contribution in [2.45, 2.75) is 90.9 Å². The predicted molar refractivity (Wildman–Crippen MR) is 120 cm³/mol. The van der Waals surface area contributed by atoms with Crippen LogP contribution in [0.1, 0.15) is 89.2 Å². The van der Waals surface area contributed by atoms with Crippen molar-refractivity contribution in [2.24, 2.45) is 0 Å². The van der Waals surface area contributed by atoms with Gasteiger partial charge in [0.05, 0.1) is 13.2 Å². The molecule has 2 aromatic rings. The topological polar surface area (TPSA) is 18.5 Å². The average molecular weight is 383 g/mol. The van der Waals surface area contributed by atoms with Crippen LogP contribution in [0.25, 0.3) is 10.8 Å². The first-order valence-corrected chi connectivity index (χ1v) is 11.7. The van der Waals surface area contributed by atoms with Crippen molar-refractivity contribution in [3.05, 3.63) is 35.4 Å². The lowest BCUT2D eigenvalue weighted by Gasteiger charge is -2.25. The highest BCUT2D eigenvalue weighted by molar-refractivity contribution is 5.96. The molecule has 0 atom stereocenters. The Kier molecular flexibility index (Phi) is 8.51. The van der Waals surface area contributed by atoms with Crippen molar-refractivity contribution in [3.63, 3.8) is 0 Å². The van der Waals surface area contributed by atoms with Gasteiger partial charge in [0.25, 0.3) is 0 Å². The zero-order valence-corrected chi connectivity index (χ0v) is 18.0. The Morgan fingerprint density at radius 1 is 0.643 bits per heavy atom. The van der Waals surface area contributed by atoms with E-state index in [-0.39, 0.29) is 0 Å². The molecular formula is C26H38O2. The first-order chi connectivity index (χ1) is 13.9. The standard InChI is InChI=1S/C26H38O2/c1-3-5-7-13-19-27-25-21-15-9-11-17-23(21)26(28-20-14-8-6-4-2)24-18-12-10-16-22(24)25/h9,11,15,17H,3-8,10,12-14,16,18-20H2,1-2H3. The minimum atomic E-state index is 0.827.